The van der Waals surface area contributed by atoms with Crippen LogP contribution in [0.1, 0.15) is 12.0 Å². The van der Waals surface area contributed by atoms with Gasteiger partial charge in [0.05, 0.1) is 10.0 Å². The van der Waals surface area contributed by atoms with E-state index in [1.54, 1.807) is 12.1 Å². The van der Waals surface area contributed by atoms with Gasteiger partial charge in [0.15, 0.2) is 12.2 Å². The average molecular weight is 422 g/mol. The molecule has 0 fully saturated rings. The first-order valence-corrected chi connectivity index (χ1v) is 9.64. The molecule has 0 aliphatic heterocycles. The zero-order valence-electron chi connectivity index (χ0n) is 15.5. The van der Waals surface area contributed by atoms with Crippen LogP contribution in [0, 0.1) is 0 Å². The molecule has 3 aromatic rings. The Kier molecular flexibility index (Phi) is 7.14. The number of carbonyl (C=O) groups excluding carboxylic acids is 1. The third-order valence-corrected chi connectivity index (χ3v) is 4.82. The summed E-state index contributed by atoms with van der Waals surface area (Å²) in [6.45, 7) is 2.01. The van der Waals surface area contributed by atoms with Gasteiger partial charge in [0, 0.05) is 13.1 Å². The van der Waals surface area contributed by atoms with Crippen LogP contribution in [0.4, 0.5) is 0 Å². The van der Waals surface area contributed by atoms with Gasteiger partial charge in [-0.1, -0.05) is 41.4 Å². The average Bonchev–Trinajstić information content (AvgIpc) is 3.09. The standard InChI is InChI=1S/C20H21Cl2N3O3/c1-25(12-14-7-8-15(21)16(22)11-14)10-4-9-23-19(26)13-27-20-24-17-5-2-3-6-18(17)28-20/h2-3,5-8,11H,4,9-10,12-13H2,1H3,(H,23,26). The van der Waals surface area contributed by atoms with Crippen LogP contribution < -0.4 is 10.1 Å². The molecule has 1 aromatic heterocycles. The lowest BCUT2D eigenvalue weighted by Crippen LogP contribution is -2.31. The van der Waals surface area contributed by atoms with Gasteiger partial charge in [-0.25, -0.2) is 0 Å². The molecule has 1 N–H and O–H groups in total. The van der Waals surface area contributed by atoms with Gasteiger partial charge in [0.2, 0.25) is 0 Å². The van der Waals surface area contributed by atoms with Gasteiger partial charge < -0.3 is 19.4 Å². The number of nitrogens with zero attached hydrogens (tertiary/aromatic N) is 2. The van der Waals surface area contributed by atoms with Crippen molar-refractivity contribution < 1.29 is 13.9 Å². The van der Waals surface area contributed by atoms with Crippen molar-refractivity contribution >= 4 is 40.2 Å². The van der Waals surface area contributed by atoms with Crippen molar-refractivity contribution in [3.63, 3.8) is 0 Å². The van der Waals surface area contributed by atoms with Crippen LogP contribution in [0.25, 0.3) is 11.1 Å². The highest BCUT2D eigenvalue weighted by molar-refractivity contribution is 6.42. The summed E-state index contributed by atoms with van der Waals surface area (Å²) in [5, 5.41) is 3.93. The van der Waals surface area contributed by atoms with Gasteiger partial charge in [-0.2, -0.15) is 4.98 Å². The van der Waals surface area contributed by atoms with E-state index >= 15 is 0 Å². The van der Waals surface area contributed by atoms with Gasteiger partial charge in [-0.3, -0.25) is 4.79 Å². The lowest BCUT2D eigenvalue weighted by Gasteiger charge is -2.17. The normalized spacial score (nSPS) is 11.1. The fraction of sp³-hybridized carbons (Fsp3) is 0.300. The van der Waals surface area contributed by atoms with Crippen molar-refractivity contribution in [1.82, 2.24) is 15.2 Å². The number of hydrogen-bond acceptors (Lipinski definition) is 5. The van der Waals surface area contributed by atoms with Crippen molar-refractivity contribution in [3.05, 3.63) is 58.1 Å². The molecule has 0 saturated heterocycles. The number of hydrogen-bond donors (Lipinski definition) is 1. The van der Waals surface area contributed by atoms with Crippen molar-refractivity contribution in [3.8, 4) is 6.08 Å². The van der Waals surface area contributed by atoms with Crippen molar-refractivity contribution in [2.45, 2.75) is 13.0 Å². The highest BCUT2D eigenvalue weighted by Crippen LogP contribution is 2.23. The number of para-hydroxylation sites is 2. The number of ether oxygens (including phenoxy) is 1. The topological polar surface area (TPSA) is 67.6 Å². The van der Waals surface area contributed by atoms with E-state index in [1.807, 2.05) is 37.4 Å². The zero-order chi connectivity index (χ0) is 19.9. The van der Waals surface area contributed by atoms with Crippen molar-refractivity contribution in [2.75, 3.05) is 26.7 Å². The van der Waals surface area contributed by atoms with Crippen LogP contribution in [-0.4, -0.2) is 42.5 Å². The summed E-state index contributed by atoms with van der Waals surface area (Å²) in [5.41, 5.74) is 2.42. The van der Waals surface area contributed by atoms with Gasteiger partial charge in [0.1, 0.15) is 5.52 Å². The molecule has 0 spiro atoms. The zero-order valence-corrected chi connectivity index (χ0v) is 17.0. The maximum absolute atomic E-state index is 11.9. The minimum atomic E-state index is -0.214. The van der Waals surface area contributed by atoms with E-state index in [2.05, 4.69) is 15.2 Å². The maximum Gasteiger partial charge on any atom is 0.395 e. The van der Waals surface area contributed by atoms with Crippen LogP contribution in [0.2, 0.25) is 10.0 Å². The second-order valence-corrected chi connectivity index (χ2v) is 7.24. The Morgan fingerprint density at radius 1 is 1.21 bits per heavy atom. The molecular weight excluding hydrogens is 401 g/mol. The SMILES string of the molecule is CN(CCCNC(=O)COc1nc2ccccc2o1)Cc1ccc(Cl)c(Cl)c1. The van der Waals surface area contributed by atoms with E-state index in [9.17, 15) is 4.79 Å². The molecule has 3 rings (SSSR count). The number of oxazole rings is 1. The summed E-state index contributed by atoms with van der Waals surface area (Å²) in [4.78, 5) is 18.2. The van der Waals surface area contributed by atoms with Crippen molar-refractivity contribution in [2.24, 2.45) is 0 Å². The molecule has 0 atom stereocenters. The Balaban J connectivity index is 1.33. The third-order valence-electron chi connectivity index (χ3n) is 4.08. The van der Waals surface area contributed by atoms with Gasteiger partial charge in [-0.05, 0) is 49.8 Å². The number of nitrogens with one attached hydrogen (secondary N) is 1. The molecule has 8 heteroatoms. The lowest BCUT2D eigenvalue weighted by atomic mass is 10.2. The Labute approximate surface area is 173 Å². The summed E-state index contributed by atoms with van der Waals surface area (Å²) in [6, 6.07) is 12.9. The highest BCUT2D eigenvalue weighted by Gasteiger charge is 2.09. The van der Waals surface area contributed by atoms with E-state index in [0.717, 1.165) is 25.1 Å². The largest absolute Gasteiger partial charge is 0.440 e. The Bertz CT molecular complexity index is 912. The molecule has 0 saturated carbocycles. The summed E-state index contributed by atoms with van der Waals surface area (Å²) < 4.78 is 10.7. The van der Waals surface area contributed by atoms with Crippen molar-refractivity contribution in [1.29, 1.82) is 0 Å². The molecule has 2 aromatic carbocycles. The summed E-state index contributed by atoms with van der Waals surface area (Å²) >= 11 is 12.0. The quantitative estimate of drug-likeness (QED) is 0.525. The summed E-state index contributed by atoms with van der Waals surface area (Å²) in [5.74, 6) is -0.214. The molecule has 0 aliphatic carbocycles. The lowest BCUT2D eigenvalue weighted by molar-refractivity contribution is -0.123. The predicted molar refractivity (Wildman–Crippen MR) is 110 cm³/mol. The molecule has 0 unspecified atom stereocenters. The number of benzene rings is 2. The number of fused-ring (bicyclic) bond motifs is 1. The van der Waals surface area contributed by atoms with E-state index in [4.69, 9.17) is 32.4 Å². The molecule has 0 bridgehead atoms. The number of halogens is 2. The predicted octanol–water partition coefficient (Wildman–Crippen LogP) is 4.15. The van der Waals surface area contributed by atoms with E-state index < -0.39 is 0 Å². The number of amides is 1. The third kappa shape index (κ3) is 5.86. The van der Waals surface area contributed by atoms with Gasteiger partial charge >= 0.3 is 6.08 Å². The second-order valence-electron chi connectivity index (χ2n) is 6.43. The summed E-state index contributed by atoms with van der Waals surface area (Å²) in [6.07, 6.45) is 0.907. The molecule has 148 valence electrons. The van der Waals surface area contributed by atoms with Gasteiger partial charge in [0.25, 0.3) is 5.91 Å². The Hall–Kier alpha value is -2.28. The highest BCUT2D eigenvalue weighted by atomic mass is 35.5. The molecule has 1 heterocycles. The van der Waals surface area contributed by atoms with E-state index in [0.29, 0.717) is 27.7 Å². The first-order chi connectivity index (χ1) is 13.5. The number of rotatable bonds is 9. The second kappa shape index (κ2) is 9.78. The number of aromatic nitrogens is 1. The molecule has 1 amide bonds. The van der Waals surface area contributed by atoms with Gasteiger partial charge in [-0.15, -0.1) is 0 Å². The van der Waals surface area contributed by atoms with E-state index in [-0.39, 0.29) is 18.6 Å². The molecule has 0 aliphatic rings. The fourth-order valence-electron chi connectivity index (χ4n) is 2.70. The minimum Gasteiger partial charge on any atom is -0.440 e. The van der Waals surface area contributed by atoms with Crippen LogP contribution in [0.5, 0.6) is 6.08 Å². The first-order valence-electron chi connectivity index (χ1n) is 8.89. The molecular formula is C20H21Cl2N3O3. The van der Waals surface area contributed by atoms with Crippen LogP contribution in [-0.2, 0) is 11.3 Å². The Morgan fingerprint density at radius 2 is 2.04 bits per heavy atom. The first kappa shape index (κ1) is 20.5. The minimum absolute atomic E-state index is 0.0951. The summed E-state index contributed by atoms with van der Waals surface area (Å²) in [7, 11) is 2.01. The Morgan fingerprint density at radius 3 is 2.82 bits per heavy atom. The van der Waals surface area contributed by atoms with Crippen LogP contribution in [0.15, 0.2) is 46.9 Å². The maximum atomic E-state index is 11.9. The van der Waals surface area contributed by atoms with E-state index in [1.165, 1.54) is 0 Å². The number of carbonyl (C=O) groups is 1. The van der Waals surface area contributed by atoms with Crippen LogP contribution >= 0.6 is 23.2 Å². The monoisotopic (exact) mass is 421 g/mol. The molecule has 28 heavy (non-hydrogen) atoms. The smallest absolute Gasteiger partial charge is 0.395 e. The van der Waals surface area contributed by atoms with Crippen LogP contribution in [0.3, 0.4) is 0 Å². The fourth-order valence-corrected chi connectivity index (χ4v) is 3.02. The molecule has 6 nitrogen and oxygen atoms in total. The molecule has 0 radical (unpaired) electrons.